The van der Waals surface area contributed by atoms with E-state index in [2.05, 4.69) is 9.97 Å². The molecule has 8 heteroatoms. The molecule has 0 fully saturated rings. The maximum Gasteiger partial charge on any atom is 0.276 e. The number of anilines is 1. The van der Waals surface area contributed by atoms with Crippen LogP contribution in [-0.2, 0) is 0 Å². The largest absolute Gasteiger partial charge is 0.436 e. The van der Waals surface area contributed by atoms with Crippen molar-refractivity contribution in [3.63, 3.8) is 0 Å². The van der Waals surface area contributed by atoms with E-state index in [-0.39, 0.29) is 28.8 Å². The fourth-order valence-electron chi connectivity index (χ4n) is 1.45. The van der Waals surface area contributed by atoms with Crippen LogP contribution in [0.15, 0.2) is 24.4 Å². The average Bonchev–Trinajstić information content (AvgIpc) is 2.36. The minimum absolute atomic E-state index is 0.125. The monoisotopic (exact) mass is 264 g/mol. The van der Waals surface area contributed by atoms with Crippen molar-refractivity contribution in [3.05, 3.63) is 45.9 Å². The van der Waals surface area contributed by atoms with E-state index in [0.29, 0.717) is 0 Å². The summed E-state index contributed by atoms with van der Waals surface area (Å²) in [7, 11) is 0. The van der Waals surface area contributed by atoms with Crippen LogP contribution >= 0.6 is 0 Å². The predicted molar refractivity (Wildman–Crippen MR) is 64.3 cm³/mol. The summed E-state index contributed by atoms with van der Waals surface area (Å²) in [4.78, 5) is 17.3. The van der Waals surface area contributed by atoms with Gasteiger partial charge < -0.3 is 10.5 Å². The number of nitrogen functional groups attached to an aromatic ring is 1. The van der Waals surface area contributed by atoms with E-state index in [1.807, 2.05) is 0 Å². The van der Waals surface area contributed by atoms with Crippen LogP contribution in [0.25, 0.3) is 0 Å². The van der Waals surface area contributed by atoms with Crippen molar-refractivity contribution in [2.24, 2.45) is 0 Å². The highest BCUT2D eigenvalue weighted by Crippen LogP contribution is 2.31. The van der Waals surface area contributed by atoms with Crippen LogP contribution in [-0.4, -0.2) is 14.9 Å². The lowest BCUT2D eigenvalue weighted by Gasteiger charge is -2.08. The Labute approximate surface area is 107 Å². The van der Waals surface area contributed by atoms with Crippen molar-refractivity contribution in [2.75, 3.05) is 5.73 Å². The fourth-order valence-corrected chi connectivity index (χ4v) is 1.45. The van der Waals surface area contributed by atoms with Gasteiger partial charge in [-0.3, -0.25) is 10.1 Å². The van der Waals surface area contributed by atoms with Crippen LogP contribution < -0.4 is 10.5 Å². The Balaban J connectivity index is 2.41. The Bertz CT molecular complexity index is 648. The molecule has 0 aliphatic heterocycles. The third kappa shape index (κ3) is 2.57. The quantitative estimate of drug-likeness (QED) is 0.673. The number of ether oxygens (including phenoxy) is 1. The maximum atomic E-state index is 13.4. The van der Waals surface area contributed by atoms with E-state index >= 15 is 0 Å². The van der Waals surface area contributed by atoms with Crippen molar-refractivity contribution >= 4 is 11.6 Å². The molecule has 1 aromatic carbocycles. The van der Waals surface area contributed by atoms with Gasteiger partial charge in [0.25, 0.3) is 11.6 Å². The summed E-state index contributed by atoms with van der Waals surface area (Å²) in [5.74, 6) is -1.21. The summed E-state index contributed by atoms with van der Waals surface area (Å²) in [5, 5.41) is 10.8. The predicted octanol–water partition coefficient (Wildman–Crippen LogP) is 2.21. The molecule has 0 spiro atoms. The molecule has 1 heterocycles. The number of hydrogen-bond donors (Lipinski definition) is 1. The molecular weight excluding hydrogens is 255 g/mol. The molecule has 0 aliphatic carbocycles. The number of nitro groups is 1. The van der Waals surface area contributed by atoms with E-state index in [4.69, 9.17) is 10.5 Å². The van der Waals surface area contributed by atoms with Gasteiger partial charge in [-0.05, 0) is 13.0 Å². The first-order valence-electron chi connectivity index (χ1n) is 5.19. The van der Waals surface area contributed by atoms with Gasteiger partial charge in [0.1, 0.15) is 5.75 Å². The number of nitro benzene ring substituents is 1. The molecule has 7 nitrogen and oxygen atoms in total. The Morgan fingerprint density at radius 3 is 2.89 bits per heavy atom. The van der Waals surface area contributed by atoms with Crippen LogP contribution in [0.1, 0.15) is 5.56 Å². The molecule has 0 aliphatic rings. The lowest BCUT2D eigenvalue weighted by atomic mass is 10.2. The third-order valence-corrected chi connectivity index (χ3v) is 2.39. The second-order valence-corrected chi connectivity index (χ2v) is 3.64. The second-order valence-electron chi connectivity index (χ2n) is 3.64. The van der Waals surface area contributed by atoms with Crippen molar-refractivity contribution in [2.45, 2.75) is 6.92 Å². The molecule has 2 aromatic rings. The molecule has 19 heavy (non-hydrogen) atoms. The molecule has 0 radical (unpaired) electrons. The van der Waals surface area contributed by atoms with Gasteiger partial charge in [-0.2, -0.15) is 9.37 Å². The summed E-state index contributed by atoms with van der Waals surface area (Å²) in [6.45, 7) is 1.50. The summed E-state index contributed by atoms with van der Waals surface area (Å²) >= 11 is 0. The minimum atomic E-state index is -0.805. The van der Waals surface area contributed by atoms with Crippen LogP contribution in [0.2, 0.25) is 0 Å². The Morgan fingerprint density at radius 2 is 2.21 bits per heavy atom. The third-order valence-electron chi connectivity index (χ3n) is 2.39. The van der Waals surface area contributed by atoms with E-state index < -0.39 is 10.7 Å². The first-order chi connectivity index (χ1) is 8.99. The van der Waals surface area contributed by atoms with Crippen molar-refractivity contribution in [3.8, 4) is 11.6 Å². The summed E-state index contributed by atoms with van der Waals surface area (Å²) in [6, 6.07) is 4.23. The number of aromatic nitrogens is 2. The van der Waals surface area contributed by atoms with E-state index in [1.54, 1.807) is 0 Å². The number of nitrogens with zero attached hydrogens (tertiary/aromatic N) is 3. The van der Waals surface area contributed by atoms with Gasteiger partial charge in [-0.25, -0.2) is 4.98 Å². The van der Waals surface area contributed by atoms with Crippen molar-refractivity contribution in [1.29, 1.82) is 0 Å². The topological polar surface area (TPSA) is 104 Å². The first-order valence-corrected chi connectivity index (χ1v) is 5.19. The lowest BCUT2D eigenvalue weighted by Crippen LogP contribution is -2.01. The lowest BCUT2D eigenvalue weighted by molar-refractivity contribution is -0.385. The van der Waals surface area contributed by atoms with E-state index in [1.165, 1.54) is 25.1 Å². The minimum Gasteiger partial charge on any atom is -0.436 e. The highest BCUT2D eigenvalue weighted by atomic mass is 19.1. The molecule has 2 N–H and O–H groups in total. The van der Waals surface area contributed by atoms with E-state index in [9.17, 15) is 14.5 Å². The molecule has 0 amide bonds. The Kier molecular flexibility index (Phi) is 3.23. The average molecular weight is 264 g/mol. The standard InChI is InChI=1S/C11H9FN4O3/c1-6-8(16(17)18)3-2-4-9(6)19-10-7(12)5-14-11(13)15-10/h2-5H,1H3,(H2,13,14,15). The Hall–Kier alpha value is -2.77. The highest BCUT2D eigenvalue weighted by molar-refractivity contribution is 5.49. The zero-order valence-corrected chi connectivity index (χ0v) is 9.83. The van der Waals surface area contributed by atoms with Gasteiger partial charge in [-0.15, -0.1) is 0 Å². The molecule has 0 unspecified atom stereocenters. The summed E-state index contributed by atoms with van der Waals surface area (Å²) < 4.78 is 18.6. The molecule has 0 saturated carbocycles. The van der Waals surface area contributed by atoms with Gasteiger partial charge >= 0.3 is 0 Å². The number of hydrogen-bond acceptors (Lipinski definition) is 6. The molecule has 98 valence electrons. The maximum absolute atomic E-state index is 13.4. The zero-order valence-electron chi connectivity index (χ0n) is 9.83. The van der Waals surface area contributed by atoms with Gasteiger partial charge in [0, 0.05) is 6.07 Å². The van der Waals surface area contributed by atoms with Crippen LogP contribution in [0.3, 0.4) is 0 Å². The van der Waals surface area contributed by atoms with Crippen molar-refractivity contribution < 1.29 is 14.1 Å². The normalized spacial score (nSPS) is 10.2. The smallest absolute Gasteiger partial charge is 0.276 e. The van der Waals surface area contributed by atoms with Gasteiger partial charge in [-0.1, -0.05) is 6.07 Å². The van der Waals surface area contributed by atoms with Crippen molar-refractivity contribution in [1.82, 2.24) is 9.97 Å². The first kappa shape index (κ1) is 12.7. The number of benzene rings is 1. The van der Waals surface area contributed by atoms with Crippen LogP contribution in [0.5, 0.6) is 11.6 Å². The summed E-state index contributed by atoms with van der Waals surface area (Å²) in [5.41, 5.74) is 5.46. The number of nitrogens with two attached hydrogens (primary N) is 1. The highest BCUT2D eigenvalue weighted by Gasteiger charge is 2.16. The van der Waals surface area contributed by atoms with Gasteiger partial charge in [0.2, 0.25) is 11.8 Å². The molecule has 0 atom stereocenters. The van der Waals surface area contributed by atoms with Crippen LogP contribution in [0, 0.1) is 22.9 Å². The Morgan fingerprint density at radius 1 is 1.47 bits per heavy atom. The molecular formula is C11H9FN4O3. The molecule has 0 saturated heterocycles. The summed E-state index contributed by atoms with van der Waals surface area (Å²) in [6.07, 6.45) is 0.865. The van der Waals surface area contributed by atoms with Crippen LogP contribution in [0.4, 0.5) is 16.0 Å². The number of rotatable bonds is 3. The molecule has 0 bridgehead atoms. The van der Waals surface area contributed by atoms with Gasteiger partial charge in [0.05, 0.1) is 16.7 Å². The van der Waals surface area contributed by atoms with E-state index in [0.717, 1.165) is 6.20 Å². The SMILES string of the molecule is Cc1c(Oc2nc(N)ncc2F)cccc1[N+](=O)[O-]. The molecule has 2 rings (SSSR count). The molecule has 1 aromatic heterocycles. The van der Waals surface area contributed by atoms with Gasteiger partial charge in [0.15, 0.2) is 0 Å². The number of halogens is 1. The second kappa shape index (κ2) is 4.84. The zero-order chi connectivity index (χ0) is 14.0. The fraction of sp³-hybridized carbons (Fsp3) is 0.0909.